The summed E-state index contributed by atoms with van der Waals surface area (Å²) in [5.41, 5.74) is 2.02. The number of nitriles is 2. The minimum atomic E-state index is -1.09. The molecule has 0 aliphatic carbocycles. The van der Waals surface area contributed by atoms with Gasteiger partial charge in [0.25, 0.3) is 0 Å². The van der Waals surface area contributed by atoms with Crippen molar-refractivity contribution in [3.63, 3.8) is 0 Å². The van der Waals surface area contributed by atoms with Crippen LogP contribution in [0.3, 0.4) is 0 Å². The zero-order chi connectivity index (χ0) is 24.4. The quantitative estimate of drug-likeness (QED) is 0.570. The summed E-state index contributed by atoms with van der Waals surface area (Å²) in [6.07, 6.45) is 7.50. The number of H-pyrrole nitrogens is 1. The first-order valence-electron chi connectivity index (χ1n) is 12.0. The van der Waals surface area contributed by atoms with E-state index in [1.54, 1.807) is 6.20 Å². The van der Waals surface area contributed by atoms with E-state index in [-0.39, 0.29) is 23.5 Å². The molecule has 35 heavy (non-hydrogen) atoms. The van der Waals surface area contributed by atoms with Crippen LogP contribution in [0.15, 0.2) is 24.5 Å². The van der Waals surface area contributed by atoms with Crippen molar-refractivity contribution < 1.29 is 9.47 Å². The summed E-state index contributed by atoms with van der Waals surface area (Å²) in [5.74, 6) is -0.133. The van der Waals surface area contributed by atoms with Crippen LogP contribution in [0.1, 0.15) is 62.8 Å². The highest BCUT2D eigenvalue weighted by Gasteiger charge is 2.32. The molecule has 0 aromatic carbocycles. The van der Waals surface area contributed by atoms with E-state index >= 15 is 0 Å². The summed E-state index contributed by atoms with van der Waals surface area (Å²) < 4.78 is 11.9. The van der Waals surface area contributed by atoms with Crippen LogP contribution in [0.4, 0.5) is 5.95 Å². The van der Waals surface area contributed by atoms with Crippen molar-refractivity contribution in [3.8, 4) is 18.1 Å². The van der Waals surface area contributed by atoms with Gasteiger partial charge in [-0.2, -0.15) is 25.5 Å². The van der Waals surface area contributed by atoms with Gasteiger partial charge in [-0.05, 0) is 63.1 Å². The number of fused-ring (bicyclic) bond motifs is 1. The van der Waals surface area contributed by atoms with Gasteiger partial charge in [-0.1, -0.05) is 0 Å². The fourth-order valence-electron chi connectivity index (χ4n) is 4.91. The Balaban J connectivity index is 1.32. The highest BCUT2D eigenvalue weighted by Crippen LogP contribution is 2.34. The third-order valence-corrected chi connectivity index (χ3v) is 6.79. The van der Waals surface area contributed by atoms with Crippen molar-refractivity contribution in [1.82, 2.24) is 24.9 Å². The molecule has 0 amide bonds. The van der Waals surface area contributed by atoms with E-state index in [0.29, 0.717) is 18.5 Å². The Bertz CT molecular complexity index is 1270. The average molecular weight is 473 g/mol. The first kappa shape index (κ1) is 23.0. The van der Waals surface area contributed by atoms with Crippen molar-refractivity contribution in [1.29, 1.82) is 10.5 Å². The molecular weight excluding hydrogens is 444 g/mol. The number of aromatic amines is 1. The molecule has 0 radical (unpaired) electrons. The molecular formula is C25H28N8O2. The van der Waals surface area contributed by atoms with E-state index in [2.05, 4.69) is 55.9 Å². The summed E-state index contributed by atoms with van der Waals surface area (Å²) in [7, 11) is 0. The molecule has 2 saturated heterocycles. The maximum absolute atomic E-state index is 9.40. The van der Waals surface area contributed by atoms with Gasteiger partial charge in [0.05, 0.1) is 23.8 Å². The molecule has 2 fully saturated rings. The molecule has 0 saturated carbocycles. The zero-order valence-corrected chi connectivity index (χ0v) is 19.9. The fraction of sp³-hybridized carbons (Fsp3) is 0.520. The number of anilines is 1. The molecule has 5 heterocycles. The number of nitrogens with zero attached hydrogens (tertiary/aromatic N) is 7. The van der Waals surface area contributed by atoms with E-state index < -0.39 is 5.92 Å². The summed E-state index contributed by atoms with van der Waals surface area (Å²) in [4.78, 5) is 23.0. The lowest BCUT2D eigenvalue weighted by atomic mass is 9.89. The second kappa shape index (κ2) is 9.47. The molecule has 180 valence electrons. The van der Waals surface area contributed by atoms with Gasteiger partial charge in [-0.3, -0.25) is 0 Å². The molecule has 3 aromatic rings. The minimum Gasteiger partial charge on any atom is -0.461 e. The topological polar surface area (TPSA) is 137 Å². The third kappa shape index (κ3) is 4.89. The predicted octanol–water partition coefficient (Wildman–Crippen LogP) is 3.60. The molecule has 0 bridgehead atoms. The Labute approximate surface area is 203 Å². The van der Waals surface area contributed by atoms with Gasteiger partial charge in [-0.15, -0.1) is 0 Å². The van der Waals surface area contributed by atoms with Gasteiger partial charge in [0.15, 0.2) is 11.7 Å². The third-order valence-electron chi connectivity index (χ3n) is 6.79. The Morgan fingerprint density at radius 1 is 1.20 bits per heavy atom. The van der Waals surface area contributed by atoms with E-state index in [9.17, 15) is 10.5 Å². The van der Waals surface area contributed by atoms with Gasteiger partial charge >= 0.3 is 6.01 Å². The second-order valence-electron chi connectivity index (χ2n) is 9.72. The number of pyridine rings is 1. The molecule has 1 atom stereocenters. The number of piperidine rings is 1. The van der Waals surface area contributed by atoms with Crippen LogP contribution in [0.25, 0.3) is 11.0 Å². The molecule has 2 aliphatic rings. The van der Waals surface area contributed by atoms with E-state index in [4.69, 9.17) is 9.47 Å². The van der Waals surface area contributed by atoms with Gasteiger partial charge in [-0.25, -0.2) is 4.98 Å². The number of ether oxygens (including phenoxy) is 2. The Kier molecular flexibility index (Phi) is 6.23. The summed E-state index contributed by atoms with van der Waals surface area (Å²) >= 11 is 0. The van der Waals surface area contributed by atoms with Crippen LogP contribution in [-0.4, -0.2) is 56.3 Å². The van der Waals surface area contributed by atoms with Gasteiger partial charge < -0.3 is 19.4 Å². The normalized spacial score (nSPS) is 20.1. The highest BCUT2D eigenvalue weighted by molar-refractivity contribution is 5.80. The maximum Gasteiger partial charge on any atom is 0.321 e. The standard InChI is InChI=1S/C25H28N8O2/c1-25(2)8-5-18(35-25)15-34-24-31-21(17(12-26)13-27)30-23(32-24)33-10-6-16(7-11-33)20-14-29-22-19(20)4-3-9-28-22/h3-4,9,14,16-18H,5-8,10-11,15H2,1-2H3,(H,28,29). The number of hydrogen-bond acceptors (Lipinski definition) is 9. The van der Waals surface area contributed by atoms with Crippen LogP contribution in [0, 0.1) is 22.7 Å². The lowest BCUT2D eigenvalue weighted by Gasteiger charge is -2.32. The van der Waals surface area contributed by atoms with Gasteiger partial charge in [0.1, 0.15) is 12.3 Å². The lowest BCUT2D eigenvalue weighted by Crippen LogP contribution is -2.34. The molecule has 10 nitrogen and oxygen atoms in total. The first-order valence-corrected chi connectivity index (χ1v) is 12.0. The minimum absolute atomic E-state index is 0.0437. The van der Waals surface area contributed by atoms with Crippen LogP contribution in [-0.2, 0) is 4.74 Å². The molecule has 1 unspecified atom stereocenters. The SMILES string of the molecule is CC1(C)CCC(COc2nc(C(C#N)C#N)nc(N3CCC(c4c[nH]c5ncccc45)CC3)n2)O1. The van der Waals surface area contributed by atoms with Crippen molar-refractivity contribution in [2.45, 2.75) is 63.1 Å². The Hall–Kier alpha value is -3.76. The number of nitrogens with one attached hydrogen (secondary N) is 1. The van der Waals surface area contributed by atoms with Crippen LogP contribution >= 0.6 is 0 Å². The average Bonchev–Trinajstić information content (AvgIpc) is 3.46. The van der Waals surface area contributed by atoms with Gasteiger partial charge in [0, 0.05) is 30.9 Å². The Morgan fingerprint density at radius 2 is 2.00 bits per heavy atom. The van der Waals surface area contributed by atoms with Crippen molar-refractivity contribution in [3.05, 3.63) is 35.9 Å². The second-order valence-corrected chi connectivity index (χ2v) is 9.72. The van der Waals surface area contributed by atoms with Gasteiger partial charge in [0.2, 0.25) is 5.95 Å². The maximum atomic E-state index is 9.40. The van der Waals surface area contributed by atoms with Crippen LogP contribution < -0.4 is 9.64 Å². The number of hydrogen-bond donors (Lipinski definition) is 1. The molecule has 3 aromatic heterocycles. The lowest BCUT2D eigenvalue weighted by molar-refractivity contribution is -0.0339. The highest BCUT2D eigenvalue weighted by atomic mass is 16.6. The first-order chi connectivity index (χ1) is 17.0. The molecule has 1 N–H and O–H groups in total. The zero-order valence-electron chi connectivity index (χ0n) is 19.9. The molecule has 5 rings (SSSR count). The van der Waals surface area contributed by atoms with Crippen molar-refractivity contribution >= 4 is 17.0 Å². The summed E-state index contributed by atoms with van der Waals surface area (Å²) in [6.45, 7) is 5.92. The summed E-state index contributed by atoms with van der Waals surface area (Å²) in [6, 6.07) is 8.09. The largest absolute Gasteiger partial charge is 0.461 e. The van der Waals surface area contributed by atoms with E-state index in [1.165, 1.54) is 5.56 Å². The number of aromatic nitrogens is 5. The number of rotatable bonds is 6. The van der Waals surface area contributed by atoms with E-state index in [0.717, 1.165) is 49.8 Å². The van der Waals surface area contributed by atoms with Crippen LogP contribution in [0.5, 0.6) is 6.01 Å². The molecule has 0 spiro atoms. The molecule has 2 aliphatic heterocycles. The van der Waals surface area contributed by atoms with E-state index in [1.807, 2.05) is 18.2 Å². The summed E-state index contributed by atoms with van der Waals surface area (Å²) in [5, 5.41) is 20.0. The van der Waals surface area contributed by atoms with Crippen LogP contribution in [0.2, 0.25) is 0 Å². The monoisotopic (exact) mass is 472 g/mol. The predicted molar refractivity (Wildman–Crippen MR) is 128 cm³/mol. The van der Waals surface area contributed by atoms with Crippen molar-refractivity contribution in [2.24, 2.45) is 0 Å². The smallest absolute Gasteiger partial charge is 0.321 e. The van der Waals surface area contributed by atoms with Crippen molar-refractivity contribution in [2.75, 3.05) is 24.6 Å². The fourth-order valence-corrected chi connectivity index (χ4v) is 4.91. The molecule has 10 heteroatoms. The Morgan fingerprint density at radius 3 is 2.71 bits per heavy atom.